The predicted molar refractivity (Wildman–Crippen MR) is 49.2 cm³/mol. The van der Waals surface area contributed by atoms with Gasteiger partial charge in [-0.2, -0.15) is 0 Å². The molecular weight excluding hydrogens is 171 g/mol. The van der Waals surface area contributed by atoms with E-state index in [1.165, 1.54) is 12.8 Å². The Labute approximate surface area is 74.8 Å². The van der Waals surface area contributed by atoms with Gasteiger partial charge in [-0.05, 0) is 32.4 Å². The minimum Gasteiger partial charge on any atom is -0.328 e. The van der Waals surface area contributed by atoms with Crippen molar-refractivity contribution in [3.05, 3.63) is 0 Å². The summed E-state index contributed by atoms with van der Waals surface area (Å²) in [7, 11) is 0. The molecule has 0 aromatic carbocycles. The van der Waals surface area contributed by atoms with Crippen molar-refractivity contribution in [2.45, 2.75) is 25.3 Å². The molecule has 0 aliphatic carbocycles. The summed E-state index contributed by atoms with van der Waals surface area (Å²) in [5.74, 6) is 0. The lowest BCUT2D eigenvalue weighted by Gasteiger charge is -2.02. The molecule has 0 amide bonds. The van der Waals surface area contributed by atoms with Gasteiger partial charge in [-0.15, -0.1) is 24.8 Å². The van der Waals surface area contributed by atoms with Crippen LogP contribution in [0.5, 0.6) is 0 Å². The Morgan fingerprint density at radius 2 is 1.80 bits per heavy atom. The molecule has 2 nitrogen and oxygen atoms in total. The molecule has 1 atom stereocenters. The molecule has 0 aromatic rings. The molecule has 0 aromatic heterocycles. The van der Waals surface area contributed by atoms with Crippen molar-refractivity contribution >= 4 is 24.8 Å². The molecule has 0 radical (unpaired) electrons. The third kappa shape index (κ3) is 5.30. The lowest BCUT2D eigenvalue weighted by Crippen LogP contribution is -2.21. The maximum Gasteiger partial charge on any atom is 0.00513 e. The standard InChI is InChI=1S/C6H14N2.2ClH/c7-6-2-1-4-8-5-3-6;;/h6,8H,1-5,7H2;2*1H. The van der Waals surface area contributed by atoms with E-state index in [0.717, 1.165) is 19.5 Å². The van der Waals surface area contributed by atoms with Gasteiger partial charge >= 0.3 is 0 Å². The molecule has 3 N–H and O–H groups in total. The van der Waals surface area contributed by atoms with Gasteiger partial charge in [-0.3, -0.25) is 0 Å². The number of rotatable bonds is 0. The first-order valence-electron chi connectivity index (χ1n) is 3.36. The molecule has 1 fully saturated rings. The third-order valence-electron chi connectivity index (χ3n) is 1.62. The van der Waals surface area contributed by atoms with E-state index in [4.69, 9.17) is 5.73 Å². The van der Waals surface area contributed by atoms with Crippen molar-refractivity contribution in [1.82, 2.24) is 5.32 Å². The topological polar surface area (TPSA) is 38.0 Å². The molecule has 0 bridgehead atoms. The predicted octanol–water partition coefficient (Wildman–Crippen LogP) is 0.931. The minimum atomic E-state index is 0. The molecule has 1 aliphatic rings. The second-order valence-electron chi connectivity index (χ2n) is 2.44. The van der Waals surface area contributed by atoms with E-state index in [1.807, 2.05) is 0 Å². The number of halogens is 2. The molecule has 64 valence electrons. The van der Waals surface area contributed by atoms with Crippen molar-refractivity contribution in [2.75, 3.05) is 13.1 Å². The summed E-state index contributed by atoms with van der Waals surface area (Å²) >= 11 is 0. The first kappa shape index (κ1) is 13.1. The Morgan fingerprint density at radius 3 is 2.50 bits per heavy atom. The first-order chi connectivity index (χ1) is 3.89. The zero-order chi connectivity index (χ0) is 5.82. The molecule has 1 aliphatic heterocycles. The highest BCUT2D eigenvalue weighted by molar-refractivity contribution is 5.85. The third-order valence-corrected chi connectivity index (χ3v) is 1.62. The molecule has 1 saturated heterocycles. The van der Waals surface area contributed by atoms with Gasteiger partial charge in [0, 0.05) is 6.04 Å². The van der Waals surface area contributed by atoms with Gasteiger partial charge in [0.25, 0.3) is 0 Å². The molecule has 0 saturated carbocycles. The van der Waals surface area contributed by atoms with Crippen LogP contribution in [-0.4, -0.2) is 19.1 Å². The highest BCUT2D eigenvalue weighted by atomic mass is 35.5. The van der Waals surface area contributed by atoms with Crippen LogP contribution in [0.4, 0.5) is 0 Å². The van der Waals surface area contributed by atoms with Crippen molar-refractivity contribution < 1.29 is 0 Å². The second kappa shape index (κ2) is 7.61. The Kier molecular flexibility index (Phi) is 9.97. The van der Waals surface area contributed by atoms with E-state index in [9.17, 15) is 0 Å². The highest BCUT2D eigenvalue weighted by Crippen LogP contribution is 2.00. The van der Waals surface area contributed by atoms with E-state index in [2.05, 4.69) is 5.32 Å². The summed E-state index contributed by atoms with van der Waals surface area (Å²) in [5, 5.41) is 3.30. The van der Waals surface area contributed by atoms with Gasteiger partial charge in [0.2, 0.25) is 0 Å². The largest absolute Gasteiger partial charge is 0.328 e. The summed E-state index contributed by atoms with van der Waals surface area (Å²) in [6.45, 7) is 2.27. The summed E-state index contributed by atoms with van der Waals surface area (Å²) < 4.78 is 0. The fourth-order valence-electron chi connectivity index (χ4n) is 1.05. The normalized spacial score (nSPS) is 25.5. The van der Waals surface area contributed by atoms with Crippen LogP contribution in [0.25, 0.3) is 0 Å². The second-order valence-corrected chi connectivity index (χ2v) is 2.44. The molecule has 1 rings (SSSR count). The van der Waals surface area contributed by atoms with Gasteiger partial charge in [0.05, 0.1) is 0 Å². The molecule has 1 heterocycles. The van der Waals surface area contributed by atoms with Crippen molar-refractivity contribution in [2.24, 2.45) is 5.73 Å². The average Bonchev–Trinajstić information content (AvgIpc) is 1.94. The minimum absolute atomic E-state index is 0. The van der Waals surface area contributed by atoms with Crippen LogP contribution in [-0.2, 0) is 0 Å². The van der Waals surface area contributed by atoms with Gasteiger partial charge in [-0.25, -0.2) is 0 Å². The summed E-state index contributed by atoms with van der Waals surface area (Å²) in [6, 6.07) is 0.463. The first-order valence-corrected chi connectivity index (χ1v) is 3.36. The number of nitrogens with two attached hydrogens (primary N) is 1. The van der Waals surface area contributed by atoms with Gasteiger partial charge in [0.15, 0.2) is 0 Å². The van der Waals surface area contributed by atoms with Gasteiger partial charge in [0.1, 0.15) is 0 Å². The summed E-state index contributed by atoms with van der Waals surface area (Å²) in [5.41, 5.74) is 5.69. The fraction of sp³-hybridized carbons (Fsp3) is 1.00. The van der Waals surface area contributed by atoms with Crippen molar-refractivity contribution in [3.8, 4) is 0 Å². The van der Waals surface area contributed by atoms with Crippen molar-refractivity contribution in [1.29, 1.82) is 0 Å². The zero-order valence-corrected chi connectivity index (χ0v) is 7.64. The number of hydrogen-bond acceptors (Lipinski definition) is 2. The lowest BCUT2D eigenvalue weighted by atomic mass is 10.1. The van der Waals surface area contributed by atoms with E-state index in [-0.39, 0.29) is 24.8 Å². The molecule has 0 spiro atoms. The van der Waals surface area contributed by atoms with E-state index in [1.54, 1.807) is 0 Å². The monoisotopic (exact) mass is 186 g/mol. The fourth-order valence-corrected chi connectivity index (χ4v) is 1.05. The zero-order valence-electron chi connectivity index (χ0n) is 6.01. The van der Waals surface area contributed by atoms with Crippen LogP contribution < -0.4 is 11.1 Å². The van der Waals surface area contributed by atoms with Crippen LogP contribution in [0.2, 0.25) is 0 Å². The number of hydrogen-bond donors (Lipinski definition) is 2. The Morgan fingerprint density at radius 1 is 1.10 bits per heavy atom. The van der Waals surface area contributed by atoms with Crippen LogP contribution in [0.1, 0.15) is 19.3 Å². The summed E-state index contributed by atoms with van der Waals surface area (Å²) in [6.07, 6.45) is 3.61. The molecule has 1 unspecified atom stereocenters. The van der Waals surface area contributed by atoms with E-state index >= 15 is 0 Å². The Hall–Kier alpha value is 0.500. The lowest BCUT2D eigenvalue weighted by molar-refractivity contribution is 0.599. The SMILES string of the molecule is Cl.Cl.NC1CCCNCC1. The maximum atomic E-state index is 5.69. The Bertz CT molecular complexity index is 62.8. The van der Waals surface area contributed by atoms with E-state index < -0.39 is 0 Å². The average molecular weight is 187 g/mol. The van der Waals surface area contributed by atoms with Crippen molar-refractivity contribution in [3.63, 3.8) is 0 Å². The quantitative estimate of drug-likeness (QED) is 0.592. The Balaban J connectivity index is 0. The van der Waals surface area contributed by atoms with Crippen LogP contribution in [0, 0.1) is 0 Å². The summed E-state index contributed by atoms with van der Waals surface area (Å²) in [4.78, 5) is 0. The van der Waals surface area contributed by atoms with Crippen LogP contribution in [0.3, 0.4) is 0 Å². The van der Waals surface area contributed by atoms with Crippen LogP contribution in [0.15, 0.2) is 0 Å². The molecule has 4 heteroatoms. The van der Waals surface area contributed by atoms with Gasteiger partial charge in [-0.1, -0.05) is 0 Å². The van der Waals surface area contributed by atoms with Gasteiger partial charge < -0.3 is 11.1 Å². The molecule has 10 heavy (non-hydrogen) atoms. The van der Waals surface area contributed by atoms with E-state index in [0.29, 0.717) is 6.04 Å². The smallest absolute Gasteiger partial charge is 0.00513 e. The number of nitrogens with one attached hydrogen (secondary N) is 1. The molecular formula is C6H16Cl2N2. The maximum absolute atomic E-state index is 5.69. The highest BCUT2D eigenvalue weighted by Gasteiger charge is 2.04. The van der Waals surface area contributed by atoms with Crippen LogP contribution >= 0.6 is 24.8 Å².